The average Bonchev–Trinajstić information content (AvgIpc) is 2.89. The van der Waals surface area contributed by atoms with Gasteiger partial charge in [-0.05, 0) is 66.2 Å². The molecule has 0 atom stereocenters. The standard InChI is InChI=1S/C29H21F2NO3S/c1-34-26-11-7-18(14-20(26)17-35-27-12-9-21(30)16-22(27)31)6-10-25(33)19-8-13-29-24(15-19)32-23-4-2-3-5-28(23)36-29/h2-16,32H,17H2,1H3/b10-6+. The minimum atomic E-state index is -0.781. The van der Waals surface area contributed by atoms with Crippen LogP contribution in [0.5, 0.6) is 11.5 Å². The van der Waals surface area contributed by atoms with E-state index in [2.05, 4.69) is 11.4 Å². The highest BCUT2D eigenvalue weighted by molar-refractivity contribution is 7.99. The van der Waals surface area contributed by atoms with E-state index in [1.165, 1.54) is 19.3 Å². The van der Waals surface area contributed by atoms with Crippen LogP contribution in [-0.2, 0) is 6.61 Å². The predicted molar refractivity (Wildman–Crippen MR) is 137 cm³/mol. The third kappa shape index (κ3) is 5.11. The first-order valence-corrected chi connectivity index (χ1v) is 12.0. The molecule has 7 heteroatoms. The number of halogens is 2. The number of hydrogen-bond donors (Lipinski definition) is 1. The Bertz CT molecular complexity index is 1490. The molecule has 0 saturated heterocycles. The van der Waals surface area contributed by atoms with Crippen LogP contribution < -0.4 is 14.8 Å². The maximum absolute atomic E-state index is 13.9. The van der Waals surface area contributed by atoms with Gasteiger partial charge in [0.05, 0.1) is 18.5 Å². The third-order valence-corrected chi connectivity index (χ3v) is 6.80. The van der Waals surface area contributed by atoms with E-state index in [0.29, 0.717) is 16.9 Å². The van der Waals surface area contributed by atoms with Crippen molar-refractivity contribution in [2.45, 2.75) is 16.4 Å². The van der Waals surface area contributed by atoms with Crippen LogP contribution in [0.1, 0.15) is 21.5 Å². The second-order valence-corrected chi connectivity index (χ2v) is 9.15. The Balaban J connectivity index is 1.31. The van der Waals surface area contributed by atoms with Crippen molar-refractivity contribution in [3.05, 3.63) is 113 Å². The number of benzene rings is 4. The Kier molecular flexibility index (Phi) is 6.73. The highest BCUT2D eigenvalue weighted by atomic mass is 32.2. The maximum atomic E-state index is 13.9. The normalized spacial score (nSPS) is 12.0. The molecular formula is C29H21F2NO3S. The summed E-state index contributed by atoms with van der Waals surface area (Å²) in [6.45, 7) is 0.0109. The molecule has 0 aromatic heterocycles. The van der Waals surface area contributed by atoms with E-state index < -0.39 is 11.6 Å². The molecule has 0 fully saturated rings. The van der Waals surface area contributed by atoms with E-state index in [1.807, 2.05) is 42.5 Å². The molecule has 4 aromatic carbocycles. The average molecular weight is 502 g/mol. The Hall–Kier alpha value is -4.10. The quantitative estimate of drug-likeness (QED) is 0.183. The van der Waals surface area contributed by atoms with E-state index in [9.17, 15) is 13.6 Å². The zero-order valence-corrected chi connectivity index (χ0v) is 20.1. The van der Waals surface area contributed by atoms with E-state index in [0.717, 1.165) is 38.9 Å². The van der Waals surface area contributed by atoms with Crippen LogP contribution in [0.25, 0.3) is 6.08 Å². The van der Waals surface area contributed by atoms with Crippen LogP contribution in [0.3, 0.4) is 0 Å². The van der Waals surface area contributed by atoms with E-state index in [1.54, 1.807) is 30.0 Å². The number of para-hydroxylation sites is 1. The Morgan fingerprint density at radius 1 is 0.917 bits per heavy atom. The summed E-state index contributed by atoms with van der Waals surface area (Å²) in [5.74, 6) is -1.09. The molecule has 0 bridgehead atoms. The predicted octanol–water partition coefficient (Wildman–Crippen LogP) is 7.66. The number of carbonyl (C=O) groups excluding carboxylic acids is 1. The van der Waals surface area contributed by atoms with Gasteiger partial charge in [-0.1, -0.05) is 36.0 Å². The molecule has 4 nitrogen and oxygen atoms in total. The minimum Gasteiger partial charge on any atom is -0.496 e. The third-order valence-electron chi connectivity index (χ3n) is 5.65. The highest BCUT2D eigenvalue weighted by Gasteiger charge is 2.16. The van der Waals surface area contributed by atoms with Gasteiger partial charge in [0.15, 0.2) is 17.3 Å². The molecule has 1 aliphatic heterocycles. The summed E-state index contributed by atoms with van der Waals surface area (Å²) < 4.78 is 38.0. The fourth-order valence-corrected chi connectivity index (χ4v) is 4.79. The number of rotatable bonds is 7. The lowest BCUT2D eigenvalue weighted by atomic mass is 10.1. The van der Waals surface area contributed by atoms with Gasteiger partial charge in [0.25, 0.3) is 0 Å². The van der Waals surface area contributed by atoms with E-state index in [4.69, 9.17) is 9.47 Å². The van der Waals surface area contributed by atoms with Crippen LogP contribution in [-0.4, -0.2) is 12.9 Å². The molecule has 1 heterocycles. The lowest BCUT2D eigenvalue weighted by Gasteiger charge is -2.20. The number of carbonyl (C=O) groups is 1. The molecule has 0 unspecified atom stereocenters. The lowest BCUT2D eigenvalue weighted by Crippen LogP contribution is -2.02. The number of allylic oxidation sites excluding steroid dienone is 1. The summed E-state index contributed by atoms with van der Waals surface area (Å²) in [5, 5.41) is 3.39. The Morgan fingerprint density at radius 2 is 1.72 bits per heavy atom. The number of hydrogen-bond acceptors (Lipinski definition) is 5. The first-order valence-electron chi connectivity index (χ1n) is 11.2. The molecule has 4 aromatic rings. The van der Waals surface area contributed by atoms with Gasteiger partial charge < -0.3 is 14.8 Å². The van der Waals surface area contributed by atoms with Gasteiger partial charge >= 0.3 is 0 Å². The zero-order valence-electron chi connectivity index (χ0n) is 19.3. The highest BCUT2D eigenvalue weighted by Crippen LogP contribution is 2.44. The topological polar surface area (TPSA) is 47.6 Å². The second kappa shape index (κ2) is 10.3. The summed E-state index contributed by atoms with van der Waals surface area (Å²) in [7, 11) is 1.52. The lowest BCUT2D eigenvalue weighted by molar-refractivity contribution is 0.104. The van der Waals surface area contributed by atoms with Gasteiger partial charge in [-0.3, -0.25) is 4.79 Å². The summed E-state index contributed by atoms with van der Waals surface area (Å²) in [6.07, 6.45) is 3.22. The Labute approximate surface area is 211 Å². The summed E-state index contributed by atoms with van der Waals surface area (Å²) in [4.78, 5) is 15.1. The smallest absolute Gasteiger partial charge is 0.185 e. The summed E-state index contributed by atoms with van der Waals surface area (Å²) in [6, 6.07) is 22.2. The number of ether oxygens (including phenoxy) is 2. The van der Waals surface area contributed by atoms with Gasteiger partial charge in [-0.2, -0.15) is 0 Å². The van der Waals surface area contributed by atoms with E-state index >= 15 is 0 Å². The fourth-order valence-electron chi connectivity index (χ4n) is 3.82. The molecule has 0 radical (unpaired) electrons. The Morgan fingerprint density at radius 3 is 2.56 bits per heavy atom. The molecule has 0 spiro atoms. The fraction of sp³-hybridized carbons (Fsp3) is 0.0690. The SMILES string of the molecule is COc1ccc(/C=C/C(=O)c2ccc3c(c2)Nc2ccccc2S3)cc1COc1ccc(F)cc1F. The minimum absolute atomic E-state index is 0.0109. The van der Waals surface area contributed by atoms with Crippen molar-refractivity contribution in [2.24, 2.45) is 0 Å². The van der Waals surface area contributed by atoms with Gasteiger partial charge in [0.2, 0.25) is 0 Å². The van der Waals surface area contributed by atoms with Crippen molar-refractivity contribution in [2.75, 3.05) is 12.4 Å². The van der Waals surface area contributed by atoms with Crippen molar-refractivity contribution in [1.82, 2.24) is 0 Å². The second-order valence-electron chi connectivity index (χ2n) is 8.07. The van der Waals surface area contributed by atoms with Gasteiger partial charge in [-0.25, -0.2) is 8.78 Å². The van der Waals surface area contributed by atoms with Gasteiger partial charge in [0, 0.05) is 27.0 Å². The number of methoxy groups -OCH3 is 1. The monoisotopic (exact) mass is 501 g/mol. The van der Waals surface area contributed by atoms with Crippen LogP contribution in [0.2, 0.25) is 0 Å². The summed E-state index contributed by atoms with van der Waals surface area (Å²) in [5.41, 5.74) is 3.90. The molecule has 1 aliphatic rings. The zero-order chi connectivity index (χ0) is 25.1. The molecule has 1 N–H and O–H groups in total. The van der Waals surface area contributed by atoms with Crippen LogP contribution in [0, 0.1) is 11.6 Å². The van der Waals surface area contributed by atoms with Crippen molar-refractivity contribution in [1.29, 1.82) is 0 Å². The number of nitrogens with one attached hydrogen (secondary N) is 1. The molecule has 36 heavy (non-hydrogen) atoms. The molecule has 5 rings (SSSR count). The first kappa shape index (κ1) is 23.6. The number of anilines is 2. The van der Waals surface area contributed by atoms with Crippen molar-refractivity contribution in [3.8, 4) is 11.5 Å². The van der Waals surface area contributed by atoms with Gasteiger partial charge in [0.1, 0.15) is 18.2 Å². The van der Waals surface area contributed by atoms with Crippen LogP contribution in [0.15, 0.2) is 94.7 Å². The largest absolute Gasteiger partial charge is 0.496 e. The maximum Gasteiger partial charge on any atom is 0.185 e. The first-order chi connectivity index (χ1) is 17.5. The molecule has 0 aliphatic carbocycles. The van der Waals surface area contributed by atoms with E-state index in [-0.39, 0.29) is 18.1 Å². The van der Waals surface area contributed by atoms with Crippen LogP contribution >= 0.6 is 11.8 Å². The van der Waals surface area contributed by atoms with Crippen LogP contribution in [0.4, 0.5) is 20.2 Å². The van der Waals surface area contributed by atoms with Crippen molar-refractivity contribution in [3.63, 3.8) is 0 Å². The number of fused-ring (bicyclic) bond motifs is 2. The van der Waals surface area contributed by atoms with Crippen molar-refractivity contribution < 1.29 is 23.0 Å². The molecule has 0 amide bonds. The molecular weight excluding hydrogens is 480 g/mol. The molecule has 180 valence electrons. The molecule has 0 saturated carbocycles. The van der Waals surface area contributed by atoms with Gasteiger partial charge in [-0.15, -0.1) is 0 Å². The van der Waals surface area contributed by atoms with Crippen molar-refractivity contribution >= 4 is 35.0 Å². The summed E-state index contributed by atoms with van der Waals surface area (Å²) >= 11 is 1.67. The number of ketones is 1.